The van der Waals surface area contributed by atoms with Crippen molar-refractivity contribution in [2.45, 2.75) is 56.2 Å². The number of hydrogen-bond acceptors (Lipinski definition) is 8. The summed E-state index contributed by atoms with van der Waals surface area (Å²) in [6.07, 6.45) is 1.98. The molecule has 1 aliphatic heterocycles. The van der Waals surface area contributed by atoms with Gasteiger partial charge < -0.3 is 10.2 Å². The fourth-order valence-corrected chi connectivity index (χ4v) is 8.28. The molecule has 3 N–H and O–H groups in total. The number of aromatic nitrogens is 2. The molecule has 3 heterocycles. The Balaban J connectivity index is 1.37. The van der Waals surface area contributed by atoms with Crippen LogP contribution in [0.4, 0.5) is 18.9 Å². The number of benzene rings is 1. The second-order valence-electron chi connectivity index (χ2n) is 11.6. The van der Waals surface area contributed by atoms with E-state index in [2.05, 4.69) is 21.3 Å². The van der Waals surface area contributed by atoms with Crippen LogP contribution in [0, 0.1) is 17.2 Å². The zero-order valence-electron chi connectivity index (χ0n) is 23.3. The predicted molar refractivity (Wildman–Crippen MR) is 161 cm³/mol. The number of amides is 1. The molecule has 228 valence electrons. The lowest BCUT2D eigenvalue weighted by Crippen LogP contribution is -2.42. The molecule has 0 unspecified atom stereocenters. The van der Waals surface area contributed by atoms with Crippen molar-refractivity contribution < 1.29 is 27.1 Å². The van der Waals surface area contributed by atoms with Crippen molar-refractivity contribution >= 4 is 33.5 Å². The van der Waals surface area contributed by atoms with Crippen molar-refractivity contribution in [2.24, 2.45) is 5.92 Å². The molecule has 0 spiro atoms. The third-order valence-corrected chi connectivity index (χ3v) is 11.5. The van der Waals surface area contributed by atoms with E-state index in [0.717, 1.165) is 41.2 Å². The van der Waals surface area contributed by atoms with Crippen LogP contribution in [0.15, 0.2) is 42.7 Å². The van der Waals surface area contributed by atoms with Crippen LogP contribution in [0.3, 0.4) is 0 Å². The average molecular weight is 632 g/mol. The molecule has 6 rings (SSSR count). The highest BCUT2D eigenvalue weighted by Crippen LogP contribution is 2.47. The molecule has 2 saturated carbocycles. The third-order valence-electron chi connectivity index (χ3n) is 8.62. The summed E-state index contributed by atoms with van der Waals surface area (Å²) in [5.41, 5.74) is 1.06. The molecule has 1 amide bonds. The van der Waals surface area contributed by atoms with Gasteiger partial charge in [0.25, 0.3) is 0 Å². The predicted octanol–water partition coefficient (Wildman–Crippen LogP) is 6.91. The first kappa shape index (κ1) is 29.9. The second-order valence-corrected chi connectivity index (χ2v) is 15.0. The summed E-state index contributed by atoms with van der Waals surface area (Å²) < 4.78 is 60.5. The summed E-state index contributed by atoms with van der Waals surface area (Å²) in [6.45, 7) is 1.06. The molecule has 2 aromatic heterocycles. The highest BCUT2D eigenvalue weighted by Gasteiger charge is 2.47. The zero-order chi connectivity index (χ0) is 30.4. The van der Waals surface area contributed by atoms with Gasteiger partial charge in [-0.1, -0.05) is 25.0 Å². The standard InChI is InChI=1S/C30H32F3N5O3S2/c31-30(32,33)21-15-20(16-35-17-21)28-36-25(23-3-1-2-4-24(23)27(39)37-29(18-34)9-10-29)26(42-28)19-5-7-22(8-6-19)38-11-13-43(40,41)14-12-38/h5-8,15-17,23-24,40-41H,1-4,9-14H2,(H,37,39)/t23-,24-/m1/s1. The highest BCUT2D eigenvalue weighted by atomic mass is 32.3. The van der Waals surface area contributed by atoms with Crippen LogP contribution < -0.4 is 10.2 Å². The summed E-state index contributed by atoms with van der Waals surface area (Å²) >= 11 is 1.28. The summed E-state index contributed by atoms with van der Waals surface area (Å²) in [4.78, 5) is 25.1. The molecule has 43 heavy (non-hydrogen) atoms. The number of nitriles is 1. The summed E-state index contributed by atoms with van der Waals surface area (Å²) in [7, 11) is -2.52. The number of nitrogens with zero attached hydrogens (tertiary/aromatic N) is 4. The van der Waals surface area contributed by atoms with Crippen LogP contribution in [-0.2, 0) is 11.0 Å². The molecular formula is C30H32F3N5O3S2. The maximum Gasteiger partial charge on any atom is 0.417 e. The fraction of sp³-hybridized carbons (Fsp3) is 0.467. The van der Waals surface area contributed by atoms with Crippen LogP contribution in [0.2, 0.25) is 0 Å². The van der Waals surface area contributed by atoms with E-state index in [9.17, 15) is 32.3 Å². The van der Waals surface area contributed by atoms with Crippen molar-refractivity contribution in [3.63, 3.8) is 0 Å². The Morgan fingerprint density at radius 1 is 1.09 bits per heavy atom. The van der Waals surface area contributed by atoms with Crippen molar-refractivity contribution in [1.82, 2.24) is 15.3 Å². The highest BCUT2D eigenvalue weighted by molar-refractivity contribution is 8.24. The van der Waals surface area contributed by atoms with Crippen LogP contribution >= 0.6 is 21.9 Å². The minimum Gasteiger partial charge on any atom is -0.368 e. The molecule has 0 radical (unpaired) electrons. The molecule has 0 bridgehead atoms. The number of halogens is 3. The van der Waals surface area contributed by atoms with Gasteiger partial charge in [-0.15, -0.1) is 11.3 Å². The second kappa shape index (κ2) is 11.4. The lowest BCUT2D eigenvalue weighted by Gasteiger charge is -2.41. The fourth-order valence-electron chi connectivity index (χ4n) is 5.92. The molecular weight excluding hydrogens is 599 g/mol. The number of carbonyl (C=O) groups excluding carboxylic acids is 1. The van der Waals surface area contributed by atoms with Gasteiger partial charge in [0.05, 0.1) is 33.7 Å². The Morgan fingerprint density at radius 2 is 1.79 bits per heavy atom. The molecule has 3 fully saturated rings. The van der Waals surface area contributed by atoms with Gasteiger partial charge in [-0.25, -0.2) is 4.98 Å². The van der Waals surface area contributed by atoms with E-state index in [1.807, 2.05) is 24.3 Å². The maximum atomic E-state index is 13.5. The van der Waals surface area contributed by atoms with Gasteiger partial charge in [0.1, 0.15) is 10.5 Å². The first-order valence-electron chi connectivity index (χ1n) is 14.3. The van der Waals surface area contributed by atoms with Gasteiger partial charge in [-0.3, -0.25) is 18.9 Å². The molecule has 2 atom stereocenters. The normalized spacial score (nSPS) is 23.7. The molecule has 8 nitrogen and oxygen atoms in total. The number of alkyl halides is 3. The molecule has 1 aromatic carbocycles. The van der Waals surface area contributed by atoms with Crippen molar-refractivity contribution in [2.75, 3.05) is 29.5 Å². The lowest BCUT2D eigenvalue weighted by atomic mass is 9.76. The van der Waals surface area contributed by atoms with Crippen LogP contribution in [-0.4, -0.2) is 55.1 Å². The molecule has 2 aliphatic carbocycles. The van der Waals surface area contributed by atoms with Crippen LogP contribution in [0.1, 0.15) is 55.7 Å². The quantitative estimate of drug-likeness (QED) is 0.270. The van der Waals surface area contributed by atoms with E-state index < -0.39 is 33.8 Å². The minimum atomic E-state index is -4.55. The Morgan fingerprint density at radius 3 is 2.44 bits per heavy atom. The first-order valence-corrected chi connectivity index (χ1v) is 17.0. The van der Waals surface area contributed by atoms with Gasteiger partial charge in [-0.05, 0) is 49.4 Å². The van der Waals surface area contributed by atoms with E-state index in [4.69, 9.17) is 4.98 Å². The number of pyridine rings is 1. The van der Waals surface area contributed by atoms with E-state index in [1.54, 1.807) is 0 Å². The van der Waals surface area contributed by atoms with E-state index in [0.29, 0.717) is 61.0 Å². The third kappa shape index (κ3) is 6.38. The van der Waals surface area contributed by atoms with Crippen LogP contribution in [0.25, 0.3) is 21.0 Å². The van der Waals surface area contributed by atoms with E-state index >= 15 is 0 Å². The molecule has 3 aliphatic rings. The number of carbonyl (C=O) groups is 1. The zero-order valence-corrected chi connectivity index (χ0v) is 24.9. The van der Waals surface area contributed by atoms with E-state index in [1.165, 1.54) is 17.5 Å². The van der Waals surface area contributed by atoms with Gasteiger partial charge in [0.15, 0.2) is 0 Å². The molecule has 1 saturated heterocycles. The van der Waals surface area contributed by atoms with Gasteiger partial charge in [0, 0.05) is 48.6 Å². The Bertz CT molecular complexity index is 1540. The first-order chi connectivity index (χ1) is 20.5. The molecule has 13 heteroatoms. The maximum absolute atomic E-state index is 13.5. The average Bonchev–Trinajstić information content (AvgIpc) is 3.63. The number of hydrogen-bond donors (Lipinski definition) is 3. The van der Waals surface area contributed by atoms with Crippen LogP contribution in [0.5, 0.6) is 0 Å². The lowest BCUT2D eigenvalue weighted by molar-refractivity contribution is -0.137. The molecule has 3 aromatic rings. The smallest absolute Gasteiger partial charge is 0.368 e. The van der Waals surface area contributed by atoms with Gasteiger partial charge >= 0.3 is 6.18 Å². The van der Waals surface area contributed by atoms with Crippen molar-refractivity contribution in [1.29, 1.82) is 5.26 Å². The van der Waals surface area contributed by atoms with E-state index in [-0.39, 0.29) is 17.4 Å². The minimum absolute atomic E-state index is 0.170. The summed E-state index contributed by atoms with van der Waals surface area (Å²) in [6, 6.07) is 11.1. The Labute approximate surface area is 253 Å². The number of thiazole rings is 1. The number of rotatable bonds is 6. The number of nitrogens with one attached hydrogen (secondary N) is 1. The Kier molecular flexibility index (Phi) is 7.91. The van der Waals surface area contributed by atoms with Gasteiger partial charge in [0.2, 0.25) is 5.91 Å². The SMILES string of the molecule is N#CC1(NC(=O)[C@@H]2CCCC[C@H]2c2nc(-c3cncc(C(F)(F)F)c3)sc2-c2ccc(N3CCS(O)(O)CC3)cc2)CC1. The summed E-state index contributed by atoms with van der Waals surface area (Å²) in [5, 5.41) is 12.9. The van der Waals surface area contributed by atoms with Crippen molar-refractivity contribution in [3.8, 4) is 27.1 Å². The monoisotopic (exact) mass is 631 g/mol. The summed E-state index contributed by atoms with van der Waals surface area (Å²) in [5.74, 6) is -0.189. The largest absolute Gasteiger partial charge is 0.417 e. The van der Waals surface area contributed by atoms with Gasteiger partial charge in [-0.2, -0.15) is 29.0 Å². The Hall–Kier alpha value is -3.18. The van der Waals surface area contributed by atoms with Crippen molar-refractivity contribution in [3.05, 3.63) is 54.0 Å². The topological polar surface area (TPSA) is 122 Å². The number of anilines is 1.